The Hall–Kier alpha value is -4.06. The number of nitrogens with zero attached hydrogens (tertiary/aromatic N) is 2. The number of benzene rings is 3. The highest BCUT2D eigenvalue weighted by molar-refractivity contribution is 6.16. The third-order valence-electron chi connectivity index (χ3n) is 6.66. The van der Waals surface area contributed by atoms with E-state index in [9.17, 15) is 14.7 Å². The number of methoxy groups -OCH3 is 1. The monoisotopic (exact) mass is 484 g/mol. The van der Waals surface area contributed by atoms with Crippen molar-refractivity contribution in [2.24, 2.45) is 0 Å². The summed E-state index contributed by atoms with van der Waals surface area (Å²) in [6.07, 6.45) is 0.716. The lowest BCUT2D eigenvalue weighted by Gasteiger charge is -2.28. The molecule has 4 rings (SSSR count). The molecule has 3 aromatic carbocycles. The van der Waals surface area contributed by atoms with Crippen LogP contribution in [0.3, 0.4) is 0 Å². The SMILES string of the molecule is CCN(CC)c1ccc(C2C(C(=O)CCc3ccccc3)=C(O)C(=O)N2c2cccc(OC)c2)cc1. The highest BCUT2D eigenvalue weighted by atomic mass is 16.5. The second-order valence-electron chi connectivity index (χ2n) is 8.71. The molecular formula is C30H32N2O4. The molecule has 1 atom stereocenters. The van der Waals surface area contributed by atoms with Gasteiger partial charge < -0.3 is 14.7 Å². The van der Waals surface area contributed by atoms with Crippen LogP contribution in [0, 0.1) is 0 Å². The molecule has 1 aliphatic rings. The molecular weight excluding hydrogens is 452 g/mol. The number of aliphatic hydroxyl groups excluding tert-OH is 1. The van der Waals surface area contributed by atoms with E-state index in [4.69, 9.17) is 4.74 Å². The Morgan fingerprint density at radius 3 is 2.31 bits per heavy atom. The van der Waals surface area contributed by atoms with E-state index < -0.39 is 17.7 Å². The maximum atomic E-state index is 13.5. The van der Waals surface area contributed by atoms with Gasteiger partial charge in [0.05, 0.1) is 18.7 Å². The van der Waals surface area contributed by atoms with Gasteiger partial charge in [-0.05, 0) is 55.7 Å². The first-order valence-corrected chi connectivity index (χ1v) is 12.3. The van der Waals surface area contributed by atoms with Crippen molar-refractivity contribution in [1.82, 2.24) is 0 Å². The van der Waals surface area contributed by atoms with Crippen LogP contribution in [0.15, 0.2) is 90.2 Å². The topological polar surface area (TPSA) is 70.1 Å². The number of ketones is 1. The van der Waals surface area contributed by atoms with Crippen molar-refractivity contribution in [3.63, 3.8) is 0 Å². The van der Waals surface area contributed by atoms with Gasteiger partial charge in [0.15, 0.2) is 11.5 Å². The Bertz CT molecular complexity index is 1250. The number of ether oxygens (including phenoxy) is 1. The standard InChI is InChI=1S/C30H32N2O4/c1-4-31(5-2)23-17-15-22(16-18-23)28-27(26(33)19-14-21-10-7-6-8-11-21)29(34)30(35)32(28)24-12-9-13-25(20-24)36-3/h6-13,15-18,20,28,34H,4-5,14,19H2,1-3H3. The van der Waals surface area contributed by atoms with Crippen molar-refractivity contribution in [3.8, 4) is 5.75 Å². The second-order valence-corrected chi connectivity index (χ2v) is 8.71. The quantitative estimate of drug-likeness (QED) is 0.403. The molecule has 1 aliphatic heterocycles. The van der Waals surface area contributed by atoms with Crippen LogP contribution in [0.5, 0.6) is 5.75 Å². The summed E-state index contributed by atoms with van der Waals surface area (Å²) >= 11 is 0. The molecule has 0 saturated heterocycles. The number of carbonyl (C=O) groups is 2. The van der Waals surface area contributed by atoms with E-state index in [1.54, 1.807) is 31.4 Å². The summed E-state index contributed by atoms with van der Waals surface area (Å²) in [5, 5.41) is 11.0. The van der Waals surface area contributed by atoms with Crippen molar-refractivity contribution in [2.45, 2.75) is 32.7 Å². The molecule has 1 amide bonds. The normalized spacial score (nSPS) is 15.4. The summed E-state index contributed by atoms with van der Waals surface area (Å²) in [5.74, 6) is -0.745. The Balaban J connectivity index is 1.73. The number of rotatable bonds is 10. The van der Waals surface area contributed by atoms with Crippen LogP contribution in [0.25, 0.3) is 0 Å². The lowest BCUT2D eigenvalue weighted by molar-refractivity contribution is -0.118. The van der Waals surface area contributed by atoms with Gasteiger partial charge in [-0.25, -0.2) is 0 Å². The van der Waals surface area contributed by atoms with Gasteiger partial charge in [-0.2, -0.15) is 0 Å². The van der Waals surface area contributed by atoms with Gasteiger partial charge >= 0.3 is 0 Å². The molecule has 36 heavy (non-hydrogen) atoms. The lowest BCUT2D eigenvalue weighted by atomic mass is 9.93. The number of aryl methyl sites for hydroxylation is 1. The average Bonchev–Trinajstić information content (AvgIpc) is 3.19. The maximum Gasteiger partial charge on any atom is 0.294 e. The first-order chi connectivity index (χ1) is 17.5. The summed E-state index contributed by atoms with van der Waals surface area (Å²) in [6.45, 7) is 5.94. The molecule has 186 valence electrons. The van der Waals surface area contributed by atoms with Gasteiger partial charge in [0.25, 0.3) is 5.91 Å². The van der Waals surface area contributed by atoms with Crippen molar-refractivity contribution in [3.05, 3.63) is 101 Å². The number of aliphatic hydroxyl groups is 1. The predicted molar refractivity (Wildman–Crippen MR) is 143 cm³/mol. The van der Waals surface area contributed by atoms with Crippen LogP contribution in [0.2, 0.25) is 0 Å². The van der Waals surface area contributed by atoms with E-state index in [2.05, 4.69) is 18.7 Å². The minimum absolute atomic E-state index is 0.134. The van der Waals surface area contributed by atoms with Gasteiger partial charge in [-0.1, -0.05) is 48.5 Å². The van der Waals surface area contributed by atoms with E-state index in [0.717, 1.165) is 29.9 Å². The van der Waals surface area contributed by atoms with Crippen LogP contribution < -0.4 is 14.5 Å². The maximum absolute atomic E-state index is 13.5. The van der Waals surface area contributed by atoms with Crippen molar-refractivity contribution >= 4 is 23.1 Å². The fourth-order valence-corrected chi connectivity index (χ4v) is 4.73. The molecule has 0 radical (unpaired) electrons. The number of hydrogen-bond acceptors (Lipinski definition) is 5. The zero-order valence-electron chi connectivity index (χ0n) is 21.0. The molecule has 0 spiro atoms. The average molecular weight is 485 g/mol. The third kappa shape index (κ3) is 4.98. The van der Waals surface area contributed by atoms with Gasteiger partial charge in [0.1, 0.15) is 5.75 Å². The van der Waals surface area contributed by atoms with Crippen LogP contribution >= 0.6 is 0 Å². The Morgan fingerprint density at radius 2 is 1.67 bits per heavy atom. The summed E-state index contributed by atoms with van der Waals surface area (Å²) in [7, 11) is 1.56. The summed E-state index contributed by atoms with van der Waals surface area (Å²) < 4.78 is 5.36. The van der Waals surface area contributed by atoms with Gasteiger partial charge in [0, 0.05) is 37.0 Å². The molecule has 0 aliphatic carbocycles. The highest BCUT2D eigenvalue weighted by Gasteiger charge is 2.44. The zero-order chi connectivity index (χ0) is 25.7. The van der Waals surface area contributed by atoms with Crippen LogP contribution in [-0.2, 0) is 16.0 Å². The predicted octanol–water partition coefficient (Wildman–Crippen LogP) is 5.64. The highest BCUT2D eigenvalue weighted by Crippen LogP contribution is 2.42. The molecule has 1 unspecified atom stereocenters. The molecule has 3 aromatic rings. The molecule has 0 aromatic heterocycles. The zero-order valence-corrected chi connectivity index (χ0v) is 21.0. The van der Waals surface area contributed by atoms with Gasteiger partial charge in [0.2, 0.25) is 0 Å². The minimum atomic E-state index is -0.737. The molecule has 1 N–H and O–H groups in total. The Kier molecular flexibility index (Phi) is 7.74. The molecule has 6 heteroatoms. The third-order valence-corrected chi connectivity index (χ3v) is 6.66. The minimum Gasteiger partial charge on any atom is -0.503 e. The largest absolute Gasteiger partial charge is 0.503 e. The molecule has 0 saturated carbocycles. The summed E-state index contributed by atoms with van der Waals surface area (Å²) in [6, 6.07) is 23.9. The first-order valence-electron chi connectivity index (χ1n) is 12.3. The molecule has 0 fully saturated rings. The fourth-order valence-electron chi connectivity index (χ4n) is 4.73. The Labute approximate surface area is 212 Å². The smallest absolute Gasteiger partial charge is 0.294 e. The van der Waals surface area contributed by atoms with Gasteiger partial charge in [-0.15, -0.1) is 0 Å². The summed E-state index contributed by atoms with van der Waals surface area (Å²) in [4.78, 5) is 30.6. The number of anilines is 2. The van der Waals surface area contributed by atoms with Gasteiger partial charge in [-0.3, -0.25) is 14.5 Å². The second kappa shape index (κ2) is 11.1. The van der Waals surface area contributed by atoms with Crippen molar-refractivity contribution < 1.29 is 19.4 Å². The van der Waals surface area contributed by atoms with E-state index in [-0.39, 0.29) is 17.8 Å². The van der Waals surface area contributed by atoms with E-state index in [0.29, 0.717) is 17.9 Å². The Morgan fingerprint density at radius 1 is 0.972 bits per heavy atom. The molecule has 0 bridgehead atoms. The van der Waals surface area contributed by atoms with Crippen molar-refractivity contribution in [2.75, 3.05) is 30.0 Å². The van der Waals surface area contributed by atoms with Crippen molar-refractivity contribution in [1.29, 1.82) is 0 Å². The molecule has 6 nitrogen and oxygen atoms in total. The number of Topliss-reactive ketones (excluding diaryl/α,β-unsaturated/α-hetero) is 1. The lowest BCUT2D eigenvalue weighted by Crippen LogP contribution is -2.31. The number of hydrogen-bond donors (Lipinski definition) is 1. The molecule has 1 heterocycles. The van der Waals surface area contributed by atoms with E-state index >= 15 is 0 Å². The number of amides is 1. The van der Waals surface area contributed by atoms with E-state index in [1.807, 2.05) is 54.6 Å². The van der Waals surface area contributed by atoms with E-state index in [1.165, 1.54) is 4.90 Å². The fraction of sp³-hybridized carbons (Fsp3) is 0.267. The first kappa shape index (κ1) is 25.0. The van der Waals surface area contributed by atoms with Crippen LogP contribution in [-0.4, -0.2) is 37.0 Å². The number of carbonyl (C=O) groups excluding carboxylic acids is 2. The van der Waals surface area contributed by atoms with Crippen LogP contribution in [0.1, 0.15) is 37.4 Å². The summed E-state index contributed by atoms with van der Waals surface area (Å²) in [5.41, 5.74) is 3.53. The van der Waals surface area contributed by atoms with Crippen LogP contribution in [0.4, 0.5) is 11.4 Å².